The first-order valence-electron chi connectivity index (χ1n) is 7.88. The summed E-state index contributed by atoms with van der Waals surface area (Å²) in [5.41, 5.74) is 1.47. The normalized spacial score (nSPS) is 21.8. The van der Waals surface area contributed by atoms with Gasteiger partial charge in [-0.25, -0.2) is 0 Å². The molecule has 0 spiro atoms. The third-order valence-corrected chi connectivity index (χ3v) is 4.15. The molecule has 0 radical (unpaired) electrons. The van der Waals surface area contributed by atoms with E-state index in [2.05, 4.69) is 47.5 Å². The van der Waals surface area contributed by atoms with E-state index in [0.717, 1.165) is 6.04 Å². The Labute approximate surface area is 118 Å². The molecule has 1 aromatic rings. The van der Waals surface area contributed by atoms with Gasteiger partial charge in [0.1, 0.15) is 0 Å². The molecule has 1 aliphatic heterocycles. The molecule has 106 valence electrons. The van der Waals surface area contributed by atoms with Crippen LogP contribution in [0.25, 0.3) is 0 Å². The molecule has 19 heavy (non-hydrogen) atoms. The lowest BCUT2D eigenvalue weighted by Gasteiger charge is -2.28. The van der Waals surface area contributed by atoms with Crippen LogP contribution in [-0.4, -0.2) is 37.1 Å². The van der Waals surface area contributed by atoms with Crippen molar-refractivity contribution in [3.63, 3.8) is 0 Å². The number of rotatable bonds is 5. The fraction of sp³-hybridized carbons (Fsp3) is 0.647. The number of aryl methyl sites for hydroxylation is 1. The molecular formula is C17H28N2. The monoisotopic (exact) mass is 260 g/mol. The van der Waals surface area contributed by atoms with Crippen LogP contribution in [0.2, 0.25) is 0 Å². The minimum Gasteiger partial charge on any atom is -0.314 e. The molecule has 1 fully saturated rings. The number of nitrogens with zero attached hydrogens (tertiary/aromatic N) is 1. The van der Waals surface area contributed by atoms with Crippen LogP contribution in [-0.2, 0) is 6.42 Å². The van der Waals surface area contributed by atoms with Gasteiger partial charge in [-0.15, -0.1) is 0 Å². The standard InChI is InChI=1S/C17H28N2/c1-2-17-11-15-19(14-7-12-18-17)13-6-10-16-8-4-3-5-9-16/h3-5,8-9,17-18H,2,6-7,10-15H2,1H3. The van der Waals surface area contributed by atoms with Crippen molar-refractivity contribution in [2.75, 3.05) is 26.2 Å². The summed E-state index contributed by atoms with van der Waals surface area (Å²) in [6.07, 6.45) is 6.36. The summed E-state index contributed by atoms with van der Waals surface area (Å²) >= 11 is 0. The summed E-state index contributed by atoms with van der Waals surface area (Å²) in [7, 11) is 0. The van der Waals surface area contributed by atoms with Crippen molar-refractivity contribution in [3.8, 4) is 0 Å². The highest BCUT2D eigenvalue weighted by molar-refractivity contribution is 5.14. The third-order valence-electron chi connectivity index (χ3n) is 4.15. The zero-order valence-electron chi connectivity index (χ0n) is 12.3. The topological polar surface area (TPSA) is 15.3 Å². The highest BCUT2D eigenvalue weighted by Crippen LogP contribution is 2.08. The second kappa shape index (κ2) is 8.34. The smallest absolute Gasteiger partial charge is 0.00766 e. The Morgan fingerprint density at radius 1 is 1.21 bits per heavy atom. The van der Waals surface area contributed by atoms with E-state index < -0.39 is 0 Å². The molecule has 1 saturated heterocycles. The highest BCUT2D eigenvalue weighted by Gasteiger charge is 2.12. The first kappa shape index (κ1) is 14.5. The van der Waals surface area contributed by atoms with E-state index >= 15 is 0 Å². The molecule has 0 aromatic heterocycles. The van der Waals surface area contributed by atoms with Crippen LogP contribution in [0.4, 0.5) is 0 Å². The summed E-state index contributed by atoms with van der Waals surface area (Å²) in [6.45, 7) is 7.26. The maximum Gasteiger partial charge on any atom is 0.00766 e. The number of benzene rings is 1. The summed E-state index contributed by atoms with van der Waals surface area (Å²) in [5.74, 6) is 0. The van der Waals surface area contributed by atoms with E-state index in [9.17, 15) is 0 Å². The number of hydrogen-bond acceptors (Lipinski definition) is 2. The van der Waals surface area contributed by atoms with Crippen LogP contribution in [0.5, 0.6) is 0 Å². The summed E-state index contributed by atoms with van der Waals surface area (Å²) < 4.78 is 0. The Bertz CT molecular complexity index is 336. The average Bonchev–Trinajstić information content (AvgIpc) is 2.43. The molecule has 1 aromatic carbocycles. The van der Waals surface area contributed by atoms with Gasteiger partial charge >= 0.3 is 0 Å². The quantitative estimate of drug-likeness (QED) is 0.875. The van der Waals surface area contributed by atoms with E-state index in [0.29, 0.717) is 0 Å². The molecule has 0 amide bonds. The Morgan fingerprint density at radius 2 is 2.05 bits per heavy atom. The SMILES string of the molecule is CCC1CCN(CCCc2ccccc2)CCCN1. The Hall–Kier alpha value is -0.860. The molecule has 1 aliphatic rings. The van der Waals surface area contributed by atoms with Crippen molar-refractivity contribution in [1.29, 1.82) is 0 Å². The molecule has 0 saturated carbocycles. The average molecular weight is 260 g/mol. The zero-order chi connectivity index (χ0) is 13.3. The van der Waals surface area contributed by atoms with Gasteiger partial charge in [0.25, 0.3) is 0 Å². The van der Waals surface area contributed by atoms with Gasteiger partial charge in [0.05, 0.1) is 0 Å². The highest BCUT2D eigenvalue weighted by atomic mass is 15.1. The van der Waals surface area contributed by atoms with E-state index in [4.69, 9.17) is 0 Å². The minimum absolute atomic E-state index is 0.733. The fourth-order valence-electron chi connectivity index (χ4n) is 2.88. The molecular weight excluding hydrogens is 232 g/mol. The number of hydrogen-bond donors (Lipinski definition) is 1. The predicted molar refractivity (Wildman–Crippen MR) is 82.5 cm³/mol. The summed E-state index contributed by atoms with van der Waals surface area (Å²) in [6, 6.07) is 11.6. The molecule has 1 atom stereocenters. The van der Waals surface area contributed by atoms with E-state index in [1.807, 2.05) is 0 Å². The first-order valence-corrected chi connectivity index (χ1v) is 7.88. The Kier molecular flexibility index (Phi) is 6.38. The van der Waals surface area contributed by atoms with Crippen LogP contribution in [0, 0.1) is 0 Å². The van der Waals surface area contributed by atoms with Gasteiger partial charge in [0.2, 0.25) is 0 Å². The first-order chi connectivity index (χ1) is 9.38. The lowest BCUT2D eigenvalue weighted by atomic mass is 10.1. The van der Waals surface area contributed by atoms with Gasteiger partial charge in [-0.1, -0.05) is 37.3 Å². The van der Waals surface area contributed by atoms with Crippen LogP contribution >= 0.6 is 0 Å². The third kappa shape index (κ3) is 5.33. The minimum atomic E-state index is 0.733. The van der Waals surface area contributed by atoms with Crippen molar-refractivity contribution >= 4 is 0 Å². The Balaban J connectivity index is 1.69. The molecule has 1 N–H and O–H groups in total. The van der Waals surface area contributed by atoms with Crippen molar-refractivity contribution in [2.45, 2.75) is 45.1 Å². The van der Waals surface area contributed by atoms with Gasteiger partial charge in [0, 0.05) is 6.04 Å². The second-order valence-electron chi connectivity index (χ2n) is 5.63. The zero-order valence-corrected chi connectivity index (χ0v) is 12.3. The molecule has 2 heteroatoms. The molecule has 0 bridgehead atoms. The second-order valence-corrected chi connectivity index (χ2v) is 5.63. The number of nitrogens with one attached hydrogen (secondary N) is 1. The van der Waals surface area contributed by atoms with Crippen molar-refractivity contribution in [1.82, 2.24) is 10.2 Å². The Morgan fingerprint density at radius 3 is 2.84 bits per heavy atom. The van der Waals surface area contributed by atoms with Gasteiger partial charge < -0.3 is 10.2 Å². The predicted octanol–water partition coefficient (Wildman–Crippen LogP) is 3.08. The van der Waals surface area contributed by atoms with Crippen LogP contribution in [0.1, 0.15) is 38.2 Å². The van der Waals surface area contributed by atoms with Crippen molar-refractivity contribution < 1.29 is 0 Å². The van der Waals surface area contributed by atoms with Crippen molar-refractivity contribution in [3.05, 3.63) is 35.9 Å². The molecule has 1 heterocycles. The fourth-order valence-corrected chi connectivity index (χ4v) is 2.88. The van der Waals surface area contributed by atoms with Crippen LogP contribution in [0.3, 0.4) is 0 Å². The lowest BCUT2D eigenvalue weighted by molar-refractivity contribution is 0.229. The van der Waals surface area contributed by atoms with Gasteiger partial charge in [-0.05, 0) is 63.8 Å². The lowest BCUT2D eigenvalue weighted by Crippen LogP contribution is -2.39. The maximum atomic E-state index is 3.65. The van der Waals surface area contributed by atoms with Crippen LogP contribution < -0.4 is 5.32 Å². The summed E-state index contributed by atoms with van der Waals surface area (Å²) in [5, 5.41) is 3.65. The van der Waals surface area contributed by atoms with Crippen LogP contribution in [0.15, 0.2) is 30.3 Å². The summed E-state index contributed by atoms with van der Waals surface area (Å²) in [4.78, 5) is 2.66. The van der Waals surface area contributed by atoms with Gasteiger partial charge in [0.15, 0.2) is 0 Å². The largest absolute Gasteiger partial charge is 0.314 e. The molecule has 2 nitrogen and oxygen atoms in total. The van der Waals surface area contributed by atoms with E-state index in [-0.39, 0.29) is 0 Å². The van der Waals surface area contributed by atoms with E-state index in [1.165, 1.54) is 63.8 Å². The molecule has 1 unspecified atom stereocenters. The maximum absolute atomic E-state index is 3.65. The van der Waals surface area contributed by atoms with Gasteiger partial charge in [-0.3, -0.25) is 0 Å². The van der Waals surface area contributed by atoms with Gasteiger partial charge in [-0.2, -0.15) is 0 Å². The van der Waals surface area contributed by atoms with Crippen molar-refractivity contribution in [2.24, 2.45) is 0 Å². The molecule has 0 aliphatic carbocycles. The van der Waals surface area contributed by atoms with E-state index in [1.54, 1.807) is 0 Å². The molecule has 2 rings (SSSR count).